The molecule has 6 nitrogen and oxygen atoms in total. The van der Waals surface area contributed by atoms with Gasteiger partial charge in [0.05, 0.1) is 7.11 Å². The predicted molar refractivity (Wildman–Crippen MR) is 117 cm³/mol. The molecule has 0 aliphatic heterocycles. The molecule has 4 rings (SSSR count). The minimum absolute atomic E-state index is 0.0344. The van der Waals surface area contributed by atoms with E-state index in [1.165, 1.54) is 19.2 Å². The number of hydrogen-bond donors (Lipinski definition) is 3. The maximum Gasteiger partial charge on any atom is 0.407 e. The molecule has 0 radical (unpaired) electrons. The minimum Gasteiger partial charge on any atom is -0.494 e. The number of benzene rings is 3. The van der Waals surface area contributed by atoms with Crippen molar-refractivity contribution in [2.45, 2.75) is 18.1 Å². The summed E-state index contributed by atoms with van der Waals surface area (Å²) in [5.41, 5.74) is 4.62. The highest BCUT2D eigenvalue weighted by atomic mass is 19.1. The van der Waals surface area contributed by atoms with Gasteiger partial charge in [-0.05, 0) is 39.9 Å². The minimum atomic E-state index is -1.38. The Morgan fingerprint density at radius 2 is 1.66 bits per heavy atom. The number of aliphatic hydroxyl groups excluding tert-OH is 2. The second kappa shape index (κ2) is 9.38. The molecule has 1 amide bonds. The number of methoxy groups -OCH3 is 1. The zero-order valence-electron chi connectivity index (χ0n) is 17.5. The Labute approximate surface area is 185 Å². The highest BCUT2D eigenvalue weighted by molar-refractivity contribution is 5.79. The summed E-state index contributed by atoms with van der Waals surface area (Å²) in [5, 5.41) is 22.9. The number of ether oxygens (including phenoxy) is 2. The average Bonchev–Trinajstić information content (AvgIpc) is 3.14. The van der Waals surface area contributed by atoms with Crippen LogP contribution in [0.1, 0.15) is 28.7 Å². The molecule has 0 saturated heterocycles. The van der Waals surface area contributed by atoms with Crippen molar-refractivity contribution in [1.82, 2.24) is 5.32 Å². The number of fused-ring (bicyclic) bond motifs is 3. The number of aliphatic hydroxyl groups is 2. The van der Waals surface area contributed by atoms with Gasteiger partial charge in [0.25, 0.3) is 0 Å². The number of nitrogens with one attached hydrogen (secondary N) is 1. The molecule has 7 heteroatoms. The van der Waals surface area contributed by atoms with Crippen molar-refractivity contribution in [1.29, 1.82) is 0 Å². The van der Waals surface area contributed by atoms with Gasteiger partial charge in [-0.25, -0.2) is 9.18 Å². The smallest absolute Gasteiger partial charge is 0.407 e. The van der Waals surface area contributed by atoms with Crippen molar-refractivity contribution < 1.29 is 28.9 Å². The van der Waals surface area contributed by atoms with Gasteiger partial charge in [-0.15, -0.1) is 0 Å². The van der Waals surface area contributed by atoms with Crippen LogP contribution in [-0.4, -0.2) is 42.7 Å². The van der Waals surface area contributed by atoms with Crippen molar-refractivity contribution in [2.75, 3.05) is 20.3 Å². The third-order valence-corrected chi connectivity index (χ3v) is 5.68. The van der Waals surface area contributed by atoms with E-state index >= 15 is 0 Å². The van der Waals surface area contributed by atoms with E-state index in [0.29, 0.717) is 0 Å². The first-order chi connectivity index (χ1) is 15.5. The summed E-state index contributed by atoms with van der Waals surface area (Å²) in [5.74, 6) is -0.695. The fourth-order valence-corrected chi connectivity index (χ4v) is 4.04. The van der Waals surface area contributed by atoms with Crippen molar-refractivity contribution in [3.05, 3.63) is 89.2 Å². The van der Waals surface area contributed by atoms with E-state index in [4.69, 9.17) is 9.47 Å². The molecule has 0 fully saturated rings. The fraction of sp³-hybridized carbons (Fsp3) is 0.240. The molecule has 0 heterocycles. The fourth-order valence-electron chi connectivity index (χ4n) is 4.04. The molecular weight excluding hydrogens is 413 g/mol. The largest absolute Gasteiger partial charge is 0.494 e. The summed E-state index contributed by atoms with van der Waals surface area (Å²) >= 11 is 0. The molecule has 0 bridgehead atoms. The second-order valence-corrected chi connectivity index (χ2v) is 7.61. The van der Waals surface area contributed by atoms with Gasteiger partial charge in [0.15, 0.2) is 11.6 Å². The first-order valence-electron chi connectivity index (χ1n) is 10.3. The van der Waals surface area contributed by atoms with Gasteiger partial charge in [-0.2, -0.15) is 0 Å². The van der Waals surface area contributed by atoms with Crippen molar-refractivity contribution in [3.63, 3.8) is 0 Å². The first-order valence-corrected chi connectivity index (χ1v) is 10.3. The van der Waals surface area contributed by atoms with Crippen LogP contribution in [0.2, 0.25) is 0 Å². The monoisotopic (exact) mass is 437 g/mol. The zero-order chi connectivity index (χ0) is 22.7. The van der Waals surface area contributed by atoms with Gasteiger partial charge in [-0.3, -0.25) is 0 Å². The van der Waals surface area contributed by atoms with Crippen LogP contribution in [0.25, 0.3) is 11.1 Å². The van der Waals surface area contributed by atoms with Gasteiger partial charge >= 0.3 is 6.09 Å². The molecule has 32 heavy (non-hydrogen) atoms. The lowest BCUT2D eigenvalue weighted by Crippen LogP contribution is -2.36. The SMILES string of the molecule is COc1ccc(C(O)C(O)CNC(=O)OCC2c3ccccc3-c3ccccc32)cc1F. The maximum absolute atomic E-state index is 13.8. The number of rotatable bonds is 7. The molecule has 3 aromatic rings. The molecule has 1 aliphatic carbocycles. The van der Waals surface area contributed by atoms with Crippen molar-refractivity contribution >= 4 is 6.09 Å². The first kappa shape index (κ1) is 21.8. The standard InChI is InChI=1S/C25H24FNO5/c1-31-23-11-10-15(12-21(23)26)24(29)22(28)13-27-25(30)32-14-20-18-8-4-2-6-16(18)17-7-3-5-9-19(17)20/h2-12,20,22,24,28-29H,13-14H2,1H3,(H,27,30). The Hall–Kier alpha value is -3.42. The number of carbonyl (C=O) groups excluding carboxylic acids is 1. The predicted octanol–water partition coefficient (Wildman–Crippen LogP) is 3.77. The van der Waals surface area contributed by atoms with E-state index in [2.05, 4.69) is 5.32 Å². The Morgan fingerprint density at radius 1 is 1.03 bits per heavy atom. The van der Waals surface area contributed by atoms with Crippen LogP contribution in [-0.2, 0) is 4.74 Å². The number of amides is 1. The van der Waals surface area contributed by atoms with Gasteiger partial charge in [0.2, 0.25) is 0 Å². The lowest BCUT2D eigenvalue weighted by atomic mass is 9.98. The molecule has 2 unspecified atom stereocenters. The molecule has 3 N–H and O–H groups in total. The second-order valence-electron chi connectivity index (χ2n) is 7.61. The number of hydrogen-bond acceptors (Lipinski definition) is 5. The summed E-state index contributed by atoms with van der Waals surface area (Å²) in [6.07, 6.45) is -3.44. The lowest BCUT2D eigenvalue weighted by Gasteiger charge is -2.20. The van der Waals surface area contributed by atoms with Crippen LogP contribution in [0.3, 0.4) is 0 Å². The summed E-state index contributed by atoms with van der Waals surface area (Å²) in [6.45, 7) is -0.117. The van der Waals surface area contributed by atoms with Crippen LogP contribution in [0.15, 0.2) is 66.7 Å². The van der Waals surface area contributed by atoms with Crippen LogP contribution in [0.5, 0.6) is 5.75 Å². The zero-order valence-corrected chi connectivity index (χ0v) is 17.5. The van der Waals surface area contributed by atoms with E-state index in [1.54, 1.807) is 0 Å². The van der Waals surface area contributed by atoms with E-state index in [9.17, 15) is 19.4 Å². The highest BCUT2D eigenvalue weighted by Crippen LogP contribution is 2.44. The van der Waals surface area contributed by atoms with E-state index < -0.39 is 24.1 Å². The number of alkyl carbamates (subject to hydrolysis) is 1. The molecule has 3 aromatic carbocycles. The summed E-state index contributed by atoms with van der Waals surface area (Å²) < 4.78 is 24.1. The average molecular weight is 437 g/mol. The molecule has 0 saturated carbocycles. The van der Waals surface area contributed by atoms with Crippen LogP contribution < -0.4 is 10.1 Å². The summed E-state index contributed by atoms with van der Waals surface area (Å²) in [7, 11) is 1.33. The Kier molecular flexibility index (Phi) is 6.39. The number of carbonyl (C=O) groups is 1. The Morgan fingerprint density at radius 3 is 2.25 bits per heavy atom. The van der Waals surface area contributed by atoms with Crippen LogP contribution >= 0.6 is 0 Å². The van der Waals surface area contributed by atoms with Crippen molar-refractivity contribution in [2.24, 2.45) is 0 Å². The molecular formula is C25H24FNO5. The molecule has 1 aliphatic rings. The van der Waals surface area contributed by atoms with Gasteiger partial charge < -0.3 is 25.0 Å². The van der Waals surface area contributed by atoms with E-state index in [1.807, 2.05) is 48.5 Å². The van der Waals surface area contributed by atoms with E-state index in [-0.39, 0.29) is 30.4 Å². The lowest BCUT2D eigenvalue weighted by molar-refractivity contribution is 0.0183. The Bertz CT molecular complexity index is 1070. The summed E-state index contributed by atoms with van der Waals surface area (Å²) in [4.78, 5) is 12.2. The van der Waals surface area contributed by atoms with Crippen molar-refractivity contribution in [3.8, 4) is 16.9 Å². The van der Waals surface area contributed by atoms with Crippen LogP contribution in [0, 0.1) is 5.82 Å². The quantitative estimate of drug-likeness (QED) is 0.524. The number of halogens is 1. The molecule has 2 atom stereocenters. The third kappa shape index (κ3) is 4.30. The molecule has 0 spiro atoms. The maximum atomic E-state index is 13.8. The van der Waals surface area contributed by atoms with Gasteiger partial charge in [-0.1, -0.05) is 54.6 Å². The normalized spacial score (nSPS) is 14.2. The third-order valence-electron chi connectivity index (χ3n) is 5.68. The Balaban J connectivity index is 1.33. The van der Waals surface area contributed by atoms with E-state index in [0.717, 1.165) is 28.3 Å². The summed E-state index contributed by atoms with van der Waals surface area (Å²) in [6, 6.07) is 19.9. The highest BCUT2D eigenvalue weighted by Gasteiger charge is 2.29. The molecule has 0 aromatic heterocycles. The van der Waals surface area contributed by atoms with Crippen LogP contribution in [0.4, 0.5) is 9.18 Å². The van der Waals surface area contributed by atoms with Gasteiger partial charge in [0.1, 0.15) is 18.8 Å². The molecule has 166 valence electrons. The van der Waals surface area contributed by atoms with Gasteiger partial charge in [0, 0.05) is 12.5 Å². The topological polar surface area (TPSA) is 88.0 Å².